The first-order chi connectivity index (χ1) is 45.2. The predicted molar refractivity (Wildman–Crippen MR) is 356 cm³/mol. The fourth-order valence-electron chi connectivity index (χ4n) is 11.0. The number of amides is 13. The third-order valence-corrected chi connectivity index (χ3v) is 16.7. The number of hydrogen-bond donors (Lipinski definition) is 15. The highest BCUT2D eigenvalue weighted by molar-refractivity contribution is 7.98. The number of primary amides is 3. The minimum atomic E-state index is -1.64. The first kappa shape index (κ1) is 78.5. The fraction of sp³-hybridized carbons (Fsp3) is 0.587. The molecule has 32 heteroatoms. The van der Waals surface area contributed by atoms with Crippen LogP contribution in [0.2, 0.25) is 0 Å². The summed E-state index contributed by atoms with van der Waals surface area (Å²) in [5, 5.41) is 21.1. The van der Waals surface area contributed by atoms with Gasteiger partial charge in [-0.05, 0) is 119 Å². The summed E-state index contributed by atoms with van der Waals surface area (Å²) in [6.45, 7) is 3.86. The monoisotopic (exact) mass is 1350 g/mol. The molecule has 0 spiro atoms. The third-order valence-electron chi connectivity index (χ3n) is 16.0. The highest BCUT2D eigenvalue weighted by atomic mass is 32.2. The topological polar surface area (TPSA) is 519 Å². The standard InChI is InChI=1S/C63H98N18O13S/c1-37(2)33-45(57(89)74-41(53(68)85)27-32-95-3)73-52(84)36-72-54(86)46(34-38-15-6-4-7-16-38)78-58(90)47(35-39-17-8-5-9-18-39)79-56(88)42(23-25-50(66)82)75-55(87)43(24-26-51(67)83)76-59(91)49-22-14-31-81(49)62(94)44(20-10-11-28-64)77-60(92)48-21-13-30-80(48)61(93)40(65)19-12-29-71-63(69)70/h4-9,15-18,37,40-49H,10-14,19-36,64-65H2,1-3H3,(H2,66,82)(H2,67,83)(H2,68,85)(H,72,86)(H,73,84)(H,74,89)(H,75,87)(H,76,91)(H,77,92)(H,78,90)(H,79,88)(H4,69,70,71)/t40-,41-,42+,43-,44+,45-,46+,47+,48-,49+/m0/s1. The van der Waals surface area contributed by atoms with Gasteiger partial charge in [0.2, 0.25) is 76.8 Å². The van der Waals surface area contributed by atoms with Gasteiger partial charge in [0.05, 0.1) is 12.6 Å². The Labute approximate surface area is 558 Å². The number of likely N-dealkylation sites (tertiary alicyclic amines) is 2. The second kappa shape index (κ2) is 41.0. The fourth-order valence-corrected chi connectivity index (χ4v) is 11.5. The number of benzene rings is 2. The predicted octanol–water partition coefficient (Wildman–Crippen LogP) is -3.71. The van der Waals surface area contributed by atoms with Crippen LogP contribution in [0.25, 0.3) is 0 Å². The van der Waals surface area contributed by atoms with Crippen LogP contribution >= 0.6 is 11.8 Å². The van der Waals surface area contributed by atoms with Crippen LogP contribution in [0.15, 0.2) is 65.7 Å². The van der Waals surface area contributed by atoms with E-state index in [1.807, 2.05) is 20.1 Å². The van der Waals surface area contributed by atoms with Crippen molar-refractivity contribution in [3.8, 4) is 0 Å². The maximum atomic E-state index is 14.7. The second-order valence-corrected chi connectivity index (χ2v) is 25.1. The van der Waals surface area contributed by atoms with Crippen molar-refractivity contribution in [2.24, 2.45) is 51.0 Å². The molecule has 4 rings (SSSR count). The van der Waals surface area contributed by atoms with Gasteiger partial charge in [-0.1, -0.05) is 74.5 Å². The first-order valence-electron chi connectivity index (χ1n) is 32.2. The van der Waals surface area contributed by atoms with Crippen LogP contribution in [0.1, 0.15) is 121 Å². The van der Waals surface area contributed by atoms with E-state index in [0.717, 1.165) is 0 Å². The molecule has 13 amide bonds. The third kappa shape index (κ3) is 27.5. The number of aliphatic imine (C=N–C) groups is 1. The normalized spacial score (nSPS) is 16.8. The zero-order valence-corrected chi connectivity index (χ0v) is 55.3. The van der Waals surface area contributed by atoms with Gasteiger partial charge < -0.3 is 92.5 Å². The lowest BCUT2D eigenvalue weighted by Gasteiger charge is -2.32. The molecule has 22 N–H and O–H groups in total. The van der Waals surface area contributed by atoms with Crippen LogP contribution in [0, 0.1) is 5.92 Å². The number of nitrogens with one attached hydrogen (secondary N) is 8. The Hall–Kier alpha value is -8.91. The van der Waals surface area contributed by atoms with E-state index in [9.17, 15) is 62.3 Å². The molecular weight excluding hydrogens is 1250 g/mol. The van der Waals surface area contributed by atoms with Crippen LogP contribution in [0.4, 0.5) is 0 Å². The molecule has 2 saturated heterocycles. The zero-order chi connectivity index (χ0) is 70.1. The largest absolute Gasteiger partial charge is 0.370 e. The Morgan fingerprint density at radius 3 is 1.51 bits per heavy atom. The molecule has 95 heavy (non-hydrogen) atoms. The summed E-state index contributed by atoms with van der Waals surface area (Å²) in [6, 6.07) is 4.51. The molecule has 0 bridgehead atoms. The smallest absolute Gasteiger partial charge is 0.245 e. The minimum absolute atomic E-state index is 0.0736. The quantitative estimate of drug-likeness (QED) is 0.0173. The van der Waals surface area contributed by atoms with E-state index in [0.29, 0.717) is 55.4 Å². The lowest BCUT2D eigenvalue weighted by Crippen LogP contribution is -2.60. The number of hydrogen-bond acceptors (Lipinski definition) is 17. The number of carbonyl (C=O) groups is 13. The molecule has 524 valence electrons. The maximum Gasteiger partial charge on any atom is 0.245 e. The average Bonchev–Trinajstić information content (AvgIpc) is 1.74. The summed E-state index contributed by atoms with van der Waals surface area (Å²) in [5.74, 6) is -9.80. The summed E-state index contributed by atoms with van der Waals surface area (Å²) < 4.78 is 0. The van der Waals surface area contributed by atoms with Crippen molar-refractivity contribution in [3.63, 3.8) is 0 Å². The van der Waals surface area contributed by atoms with Gasteiger partial charge in [0, 0.05) is 45.3 Å². The van der Waals surface area contributed by atoms with Gasteiger partial charge in [-0.25, -0.2) is 0 Å². The molecule has 31 nitrogen and oxygen atoms in total. The van der Waals surface area contributed by atoms with E-state index >= 15 is 0 Å². The number of thioether (sulfide) groups is 1. The Kier molecular flexibility index (Phi) is 33.9. The van der Waals surface area contributed by atoms with Gasteiger partial charge in [-0.15, -0.1) is 0 Å². The van der Waals surface area contributed by atoms with E-state index in [-0.39, 0.29) is 83.0 Å². The summed E-state index contributed by atoms with van der Waals surface area (Å²) in [5.41, 5.74) is 40.6. The van der Waals surface area contributed by atoms with E-state index in [1.54, 1.807) is 60.7 Å². The summed E-state index contributed by atoms with van der Waals surface area (Å²) in [7, 11) is 0. The van der Waals surface area contributed by atoms with Crippen molar-refractivity contribution in [2.75, 3.05) is 44.7 Å². The highest BCUT2D eigenvalue weighted by Crippen LogP contribution is 2.24. The van der Waals surface area contributed by atoms with Gasteiger partial charge in [0.1, 0.15) is 54.4 Å². The molecule has 2 aromatic rings. The van der Waals surface area contributed by atoms with Crippen LogP contribution in [0.3, 0.4) is 0 Å². The van der Waals surface area contributed by atoms with Crippen LogP contribution in [-0.4, -0.2) is 198 Å². The molecule has 10 atom stereocenters. The van der Waals surface area contributed by atoms with Crippen molar-refractivity contribution in [2.45, 2.75) is 183 Å². The van der Waals surface area contributed by atoms with E-state index in [4.69, 9.17) is 40.1 Å². The van der Waals surface area contributed by atoms with Gasteiger partial charge in [-0.3, -0.25) is 67.3 Å². The molecule has 2 fully saturated rings. The lowest BCUT2D eigenvalue weighted by molar-refractivity contribution is -0.144. The van der Waals surface area contributed by atoms with Crippen molar-refractivity contribution in [1.82, 2.24) is 52.3 Å². The number of carbonyl (C=O) groups excluding carboxylic acids is 13. The zero-order valence-electron chi connectivity index (χ0n) is 54.5. The number of guanidine groups is 1. The van der Waals surface area contributed by atoms with Gasteiger partial charge in [0.25, 0.3) is 0 Å². The van der Waals surface area contributed by atoms with Crippen LogP contribution < -0.4 is 82.7 Å². The average molecular weight is 1350 g/mol. The van der Waals surface area contributed by atoms with E-state index in [2.05, 4.69) is 47.5 Å². The Morgan fingerprint density at radius 1 is 0.537 bits per heavy atom. The molecule has 0 unspecified atom stereocenters. The van der Waals surface area contributed by atoms with Crippen LogP contribution in [-0.2, 0) is 75.2 Å². The molecule has 2 heterocycles. The Morgan fingerprint density at radius 2 is 1.01 bits per heavy atom. The summed E-state index contributed by atoms with van der Waals surface area (Å²) >= 11 is 1.45. The van der Waals surface area contributed by atoms with Crippen molar-refractivity contribution < 1.29 is 62.3 Å². The van der Waals surface area contributed by atoms with E-state index in [1.165, 1.54) is 21.6 Å². The molecule has 0 radical (unpaired) electrons. The number of nitrogens with zero attached hydrogens (tertiary/aromatic N) is 3. The maximum absolute atomic E-state index is 14.7. The molecule has 2 aliphatic heterocycles. The first-order valence-corrected chi connectivity index (χ1v) is 33.6. The van der Waals surface area contributed by atoms with E-state index < -0.39 is 169 Å². The highest BCUT2D eigenvalue weighted by Gasteiger charge is 2.42. The van der Waals surface area contributed by atoms with Crippen molar-refractivity contribution in [1.29, 1.82) is 0 Å². The number of nitrogens with two attached hydrogens (primary N) is 7. The Balaban J connectivity index is 1.56. The molecule has 0 aromatic heterocycles. The lowest BCUT2D eigenvalue weighted by atomic mass is 10.0. The molecular formula is C63H98N18O13S. The molecule has 2 aromatic carbocycles. The SMILES string of the molecule is CSCC[C@H](NC(=O)[C@H](CC(C)C)NC(=O)CNC(=O)[C@@H](Cc1ccccc1)NC(=O)[C@@H](Cc1ccccc1)NC(=O)[C@@H](CCC(N)=O)NC(=O)[C@H](CCC(N)=O)NC(=O)[C@H]1CCCN1C(=O)[C@@H](CCCCN)NC(=O)[C@@H]1CCCN1C(=O)[C@@H](N)CCCN=C(N)N)C(N)=O. The number of unbranched alkanes of at least 4 members (excludes halogenated alkanes) is 1. The molecule has 0 aliphatic carbocycles. The van der Waals surface area contributed by atoms with Crippen LogP contribution in [0.5, 0.6) is 0 Å². The second-order valence-electron chi connectivity index (χ2n) is 24.1. The van der Waals surface area contributed by atoms with Gasteiger partial charge in [0.15, 0.2) is 5.96 Å². The Bertz CT molecular complexity index is 2960. The number of rotatable bonds is 42. The van der Waals surface area contributed by atoms with Gasteiger partial charge >= 0.3 is 0 Å². The van der Waals surface area contributed by atoms with Gasteiger partial charge in [-0.2, -0.15) is 11.8 Å². The molecule has 2 aliphatic rings. The molecule has 0 saturated carbocycles. The summed E-state index contributed by atoms with van der Waals surface area (Å²) in [4.78, 5) is 185. The minimum Gasteiger partial charge on any atom is -0.370 e. The summed E-state index contributed by atoms with van der Waals surface area (Å²) in [6.07, 6.45) is 3.12. The van der Waals surface area contributed by atoms with Crippen molar-refractivity contribution >= 4 is 94.5 Å². The van der Waals surface area contributed by atoms with Crippen molar-refractivity contribution in [3.05, 3.63) is 71.8 Å².